The van der Waals surface area contributed by atoms with Gasteiger partial charge in [0, 0.05) is 18.7 Å². The van der Waals surface area contributed by atoms with Crippen LogP contribution in [0.3, 0.4) is 0 Å². The van der Waals surface area contributed by atoms with Gasteiger partial charge in [-0.3, -0.25) is 9.59 Å². The van der Waals surface area contributed by atoms with Gasteiger partial charge >= 0.3 is 0 Å². The van der Waals surface area contributed by atoms with E-state index in [4.69, 9.17) is 9.47 Å². The molecule has 1 saturated heterocycles. The average molecular weight is 370 g/mol. The minimum absolute atomic E-state index is 0.128. The van der Waals surface area contributed by atoms with E-state index in [0.717, 1.165) is 5.56 Å². The molecule has 0 aliphatic carbocycles. The number of rotatable bonds is 2. The molecule has 0 saturated carbocycles. The molecule has 6 nitrogen and oxygen atoms in total. The highest BCUT2D eigenvalue weighted by Crippen LogP contribution is 2.33. The molecule has 2 aromatic rings. The van der Waals surface area contributed by atoms with Crippen LogP contribution in [-0.4, -0.2) is 42.6 Å². The minimum Gasteiger partial charge on any atom is -0.454 e. The van der Waals surface area contributed by atoms with Crippen LogP contribution in [0.5, 0.6) is 11.5 Å². The van der Waals surface area contributed by atoms with E-state index >= 15 is 0 Å². The fraction of sp³-hybridized carbons (Fsp3) is 0.300. The third-order valence-corrected chi connectivity index (χ3v) is 4.93. The van der Waals surface area contributed by atoms with Crippen molar-refractivity contribution in [1.29, 1.82) is 0 Å². The fourth-order valence-electron chi connectivity index (χ4n) is 3.41. The van der Waals surface area contributed by atoms with E-state index in [1.807, 2.05) is 6.92 Å². The molecular formula is C20H19FN2O4. The number of aryl methyl sites for hydroxylation is 1. The van der Waals surface area contributed by atoms with E-state index < -0.39 is 11.9 Å². The summed E-state index contributed by atoms with van der Waals surface area (Å²) in [5.41, 5.74) is 1.54. The van der Waals surface area contributed by atoms with E-state index in [0.29, 0.717) is 23.6 Å². The predicted molar refractivity (Wildman–Crippen MR) is 96.6 cm³/mol. The van der Waals surface area contributed by atoms with Gasteiger partial charge in [0.15, 0.2) is 11.5 Å². The molecule has 7 heteroatoms. The van der Waals surface area contributed by atoms with Crippen molar-refractivity contribution in [3.63, 3.8) is 0 Å². The van der Waals surface area contributed by atoms with Gasteiger partial charge in [-0.1, -0.05) is 6.07 Å². The molecule has 1 fully saturated rings. The lowest BCUT2D eigenvalue weighted by atomic mass is 10.1. The highest BCUT2D eigenvalue weighted by atomic mass is 19.1. The first-order valence-electron chi connectivity index (χ1n) is 8.74. The van der Waals surface area contributed by atoms with Gasteiger partial charge in [0.2, 0.25) is 12.7 Å². The Balaban J connectivity index is 1.56. The molecule has 4 rings (SSSR count). The average Bonchev–Trinajstić information content (AvgIpc) is 3.13. The molecule has 1 atom stereocenters. The first-order chi connectivity index (χ1) is 13.0. The summed E-state index contributed by atoms with van der Waals surface area (Å²) in [4.78, 5) is 28.7. The molecule has 1 unspecified atom stereocenters. The largest absolute Gasteiger partial charge is 0.454 e. The van der Waals surface area contributed by atoms with Gasteiger partial charge < -0.3 is 19.3 Å². The second kappa shape index (κ2) is 6.57. The Morgan fingerprint density at radius 3 is 2.70 bits per heavy atom. The Bertz CT molecular complexity index is 930. The zero-order valence-corrected chi connectivity index (χ0v) is 15.1. The molecule has 0 N–H and O–H groups in total. The maximum atomic E-state index is 14.2. The molecule has 2 aliphatic heterocycles. The smallest absolute Gasteiger partial charge is 0.254 e. The summed E-state index contributed by atoms with van der Waals surface area (Å²) in [5, 5.41) is 0. The van der Waals surface area contributed by atoms with Crippen molar-refractivity contribution in [3.8, 4) is 11.5 Å². The zero-order valence-electron chi connectivity index (χ0n) is 15.1. The summed E-state index contributed by atoms with van der Waals surface area (Å²) in [6, 6.07) is 8.92. The Morgan fingerprint density at radius 1 is 1.11 bits per heavy atom. The number of halogens is 1. The fourth-order valence-corrected chi connectivity index (χ4v) is 3.41. The number of ether oxygens (including phenoxy) is 2. The number of nitrogens with zero attached hydrogens (tertiary/aromatic N) is 2. The number of carbonyl (C=O) groups excluding carboxylic acids is 2. The maximum absolute atomic E-state index is 14.2. The number of hydrogen-bond donors (Lipinski definition) is 0. The highest BCUT2D eigenvalue weighted by molar-refractivity contribution is 6.03. The van der Waals surface area contributed by atoms with Gasteiger partial charge in [-0.25, -0.2) is 4.39 Å². The second-order valence-electron chi connectivity index (χ2n) is 6.69. The molecule has 0 spiro atoms. The van der Waals surface area contributed by atoms with E-state index in [9.17, 15) is 14.0 Å². The topological polar surface area (TPSA) is 59.1 Å². The number of piperazine rings is 1. The number of anilines is 1. The molecular weight excluding hydrogens is 351 g/mol. The van der Waals surface area contributed by atoms with Crippen LogP contribution in [0, 0.1) is 12.7 Å². The molecule has 27 heavy (non-hydrogen) atoms. The number of carbonyl (C=O) groups is 2. The van der Waals surface area contributed by atoms with Crippen LogP contribution in [0.2, 0.25) is 0 Å². The van der Waals surface area contributed by atoms with Gasteiger partial charge in [0.25, 0.3) is 5.91 Å². The van der Waals surface area contributed by atoms with Crippen LogP contribution in [0.4, 0.5) is 10.1 Å². The Hall–Kier alpha value is -3.09. The summed E-state index contributed by atoms with van der Waals surface area (Å²) < 4.78 is 24.8. The lowest BCUT2D eigenvalue weighted by molar-refractivity contribution is -0.124. The zero-order chi connectivity index (χ0) is 19.1. The number of hydrogen-bond acceptors (Lipinski definition) is 4. The van der Waals surface area contributed by atoms with Crippen molar-refractivity contribution in [2.24, 2.45) is 0 Å². The van der Waals surface area contributed by atoms with Crippen LogP contribution >= 0.6 is 0 Å². The lowest BCUT2D eigenvalue weighted by Gasteiger charge is -2.39. The highest BCUT2D eigenvalue weighted by Gasteiger charge is 2.36. The molecule has 0 radical (unpaired) electrons. The lowest BCUT2D eigenvalue weighted by Crippen LogP contribution is -2.58. The third kappa shape index (κ3) is 2.99. The predicted octanol–water partition coefficient (Wildman–Crippen LogP) is 2.74. The summed E-state index contributed by atoms with van der Waals surface area (Å²) in [5.74, 6) is 0.0887. The number of amides is 2. The normalized spacial score (nSPS) is 18.8. The molecule has 140 valence electrons. The number of fused-ring (bicyclic) bond motifs is 1. The standard InChI is InChI=1S/C20H19FN2O4/c1-12-3-5-15(21)16(9-12)23-8-7-22(13(2)19(23)24)20(25)14-4-6-17-18(10-14)27-11-26-17/h3-6,9-10,13H,7-8,11H2,1-2H3. The van der Waals surface area contributed by atoms with Crippen molar-refractivity contribution in [2.75, 3.05) is 24.8 Å². The molecule has 2 aromatic carbocycles. The van der Waals surface area contributed by atoms with Crippen molar-refractivity contribution >= 4 is 17.5 Å². The van der Waals surface area contributed by atoms with E-state index in [1.165, 1.54) is 15.9 Å². The van der Waals surface area contributed by atoms with Crippen LogP contribution in [-0.2, 0) is 4.79 Å². The molecule has 2 aliphatic rings. The van der Waals surface area contributed by atoms with Crippen molar-refractivity contribution in [1.82, 2.24) is 4.90 Å². The van der Waals surface area contributed by atoms with Crippen molar-refractivity contribution < 1.29 is 23.5 Å². The SMILES string of the molecule is Cc1ccc(F)c(N2CCN(C(=O)c3ccc4c(c3)OCO4)C(C)C2=O)c1. The first-order valence-corrected chi connectivity index (χ1v) is 8.74. The van der Waals surface area contributed by atoms with Crippen LogP contribution in [0.15, 0.2) is 36.4 Å². The quantitative estimate of drug-likeness (QED) is 0.816. The van der Waals surface area contributed by atoms with Gasteiger partial charge in [-0.2, -0.15) is 0 Å². The third-order valence-electron chi connectivity index (χ3n) is 4.93. The Kier molecular flexibility index (Phi) is 4.22. The van der Waals surface area contributed by atoms with Gasteiger partial charge in [0.1, 0.15) is 11.9 Å². The first kappa shape index (κ1) is 17.3. The number of benzene rings is 2. The second-order valence-corrected chi connectivity index (χ2v) is 6.69. The Morgan fingerprint density at radius 2 is 1.89 bits per heavy atom. The van der Waals surface area contributed by atoms with E-state index in [-0.39, 0.29) is 30.8 Å². The summed E-state index contributed by atoms with van der Waals surface area (Å²) in [6.07, 6.45) is 0. The molecule has 2 amide bonds. The molecule has 0 aromatic heterocycles. The van der Waals surface area contributed by atoms with Gasteiger partial charge in [0.05, 0.1) is 5.69 Å². The molecule has 0 bridgehead atoms. The van der Waals surface area contributed by atoms with Crippen LogP contribution in [0.1, 0.15) is 22.8 Å². The summed E-state index contributed by atoms with van der Waals surface area (Å²) >= 11 is 0. The van der Waals surface area contributed by atoms with Gasteiger partial charge in [-0.05, 0) is 49.7 Å². The summed E-state index contributed by atoms with van der Waals surface area (Å²) in [6.45, 7) is 4.18. The minimum atomic E-state index is -0.698. The van der Waals surface area contributed by atoms with Crippen LogP contribution in [0.25, 0.3) is 0 Å². The van der Waals surface area contributed by atoms with E-state index in [1.54, 1.807) is 37.3 Å². The van der Waals surface area contributed by atoms with Crippen molar-refractivity contribution in [3.05, 3.63) is 53.3 Å². The van der Waals surface area contributed by atoms with Crippen LogP contribution < -0.4 is 14.4 Å². The van der Waals surface area contributed by atoms with E-state index in [2.05, 4.69) is 0 Å². The molecule has 2 heterocycles. The van der Waals surface area contributed by atoms with Crippen molar-refractivity contribution in [2.45, 2.75) is 19.9 Å². The Labute approximate surface area is 156 Å². The monoisotopic (exact) mass is 370 g/mol. The maximum Gasteiger partial charge on any atom is 0.254 e. The van der Waals surface area contributed by atoms with Gasteiger partial charge in [-0.15, -0.1) is 0 Å². The summed E-state index contributed by atoms with van der Waals surface area (Å²) in [7, 11) is 0.